The maximum atomic E-state index is 10.7. The van der Waals surface area contributed by atoms with E-state index in [2.05, 4.69) is 15.3 Å². The van der Waals surface area contributed by atoms with Gasteiger partial charge in [-0.25, -0.2) is 4.98 Å². The van der Waals surface area contributed by atoms with E-state index < -0.39 is 4.92 Å². The second-order valence-electron chi connectivity index (χ2n) is 4.54. The Bertz CT molecular complexity index is 403. The minimum atomic E-state index is -0.540. The van der Waals surface area contributed by atoms with E-state index >= 15 is 0 Å². The predicted molar refractivity (Wildman–Crippen MR) is 61.6 cm³/mol. The zero-order chi connectivity index (χ0) is 12.3. The van der Waals surface area contributed by atoms with Gasteiger partial charge in [0.15, 0.2) is 0 Å². The second kappa shape index (κ2) is 4.61. The average molecular weight is 245 g/mol. The van der Waals surface area contributed by atoms with Crippen LogP contribution >= 0.6 is 11.6 Å². The Morgan fingerprint density at radius 2 is 2.19 bits per heavy atom. The molecule has 0 aliphatic rings. The molecule has 0 fully saturated rings. The van der Waals surface area contributed by atoms with Crippen molar-refractivity contribution in [2.45, 2.75) is 20.8 Å². The minimum Gasteiger partial charge on any atom is -0.364 e. The molecule has 1 aromatic heterocycles. The fourth-order valence-corrected chi connectivity index (χ4v) is 1.10. The maximum absolute atomic E-state index is 10.7. The summed E-state index contributed by atoms with van der Waals surface area (Å²) in [6.07, 6.45) is 1.10. The van der Waals surface area contributed by atoms with E-state index in [1.54, 1.807) is 0 Å². The van der Waals surface area contributed by atoms with Gasteiger partial charge in [-0.1, -0.05) is 20.8 Å². The first kappa shape index (κ1) is 12.6. The SMILES string of the molecule is CC(C)(C)CNc1nc(Cl)ncc1[N+](=O)[O-]. The highest BCUT2D eigenvalue weighted by atomic mass is 35.5. The average Bonchev–Trinajstić information content (AvgIpc) is 2.13. The number of nitro groups is 1. The fourth-order valence-electron chi connectivity index (χ4n) is 0.967. The van der Waals surface area contributed by atoms with Crippen LogP contribution in [0.25, 0.3) is 0 Å². The Hall–Kier alpha value is -1.43. The lowest BCUT2D eigenvalue weighted by Crippen LogP contribution is -2.20. The molecule has 1 heterocycles. The van der Waals surface area contributed by atoms with Crippen LogP contribution in [0, 0.1) is 15.5 Å². The van der Waals surface area contributed by atoms with E-state index in [1.807, 2.05) is 20.8 Å². The first-order chi connectivity index (χ1) is 7.29. The summed E-state index contributed by atoms with van der Waals surface area (Å²) in [7, 11) is 0. The van der Waals surface area contributed by atoms with Gasteiger partial charge in [0.1, 0.15) is 6.20 Å². The van der Waals surface area contributed by atoms with Crippen molar-refractivity contribution in [3.05, 3.63) is 21.6 Å². The Balaban J connectivity index is 2.93. The van der Waals surface area contributed by atoms with Crippen molar-refractivity contribution in [2.24, 2.45) is 5.41 Å². The van der Waals surface area contributed by atoms with Crippen LogP contribution in [0.4, 0.5) is 11.5 Å². The molecular formula is C9H13ClN4O2. The van der Waals surface area contributed by atoms with Crippen molar-refractivity contribution in [3.8, 4) is 0 Å². The topological polar surface area (TPSA) is 81.0 Å². The molecule has 88 valence electrons. The molecule has 1 aromatic rings. The minimum absolute atomic E-state index is 0.00864. The summed E-state index contributed by atoms with van der Waals surface area (Å²) >= 11 is 5.59. The molecule has 0 unspecified atom stereocenters. The van der Waals surface area contributed by atoms with Gasteiger partial charge < -0.3 is 5.32 Å². The third kappa shape index (κ3) is 3.62. The number of anilines is 1. The first-order valence-corrected chi connectivity index (χ1v) is 5.08. The van der Waals surface area contributed by atoms with Crippen LogP contribution in [0.1, 0.15) is 20.8 Å². The molecule has 0 spiro atoms. The summed E-state index contributed by atoms with van der Waals surface area (Å²) in [5, 5.41) is 13.6. The van der Waals surface area contributed by atoms with E-state index in [9.17, 15) is 10.1 Å². The Morgan fingerprint density at radius 3 is 2.69 bits per heavy atom. The molecule has 16 heavy (non-hydrogen) atoms. The Morgan fingerprint density at radius 1 is 1.56 bits per heavy atom. The summed E-state index contributed by atoms with van der Waals surface area (Å²) in [4.78, 5) is 17.5. The zero-order valence-corrected chi connectivity index (χ0v) is 10.1. The summed E-state index contributed by atoms with van der Waals surface area (Å²) < 4.78 is 0. The molecule has 0 saturated carbocycles. The van der Waals surface area contributed by atoms with Crippen LogP contribution < -0.4 is 5.32 Å². The van der Waals surface area contributed by atoms with Gasteiger partial charge in [0.25, 0.3) is 0 Å². The van der Waals surface area contributed by atoms with E-state index in [-0.39, 0.29) is 22.2 Å². The zero-order valence-electron chi connectivity index (χ0n) is 9.32. The normalized spacial score (nSPS) is 11.2. The van der Waals surface area contributed by atoms with Crippen molar-refractivity contribution >= 4 is 23.1 Å². The van der Waals surface area contributed by atoms with Crippen molar-refractivity contribution in [1.82, 2.24) is 9.97 Å². The number of nitrogens with one attached hydrogen (secondary N) is 1. The van der Waals surface area contributed by atoms with Gasteiger partial charge in [-0.2, -0.15) is 4.98 Å². The standard InChI is InChI=1S/C9H13ClN4O2/c1-9(2,3)5-12-7-6(14(15)16)4-11-8(10)13-7/h4H,5H2,1-3H3,(H,11,12,13). The lowest BCUT2D eigenvalue weighted by molar-refractivity contribution is -0.384. The van der Waals surface area contributed by atoms with Gasteiger partial charge in [0.05, 0.1) is 4.92 Å². The highest BCUT2D eigenvalue weighted by Gasteiger charge is 2.18. The van der Waals surface area contributed by atoms with Gasteiger partial charge in [0, 0.05) is 6.54 Å². The molecule has 0 aliphatic heterocycles. The number of aromatic nitrogens is 2. The van der Waals surface area contributed by atoms with Gasteiger partial charge in [0.2, 0.25) is 11.1 Å². The monoisotopic (exact) mass is 244 g/mol. The summed E-state index contributed by atoms with van der Waals surface area (Å²) in [5.74, 6) is 0.153. The van der Waals surface area contributed by atoms with Crippen molar-refractivity contribution in [3.63, 3.8) is 0 Å². The molecule has 6 nitrogen and oxygen atoms in total. The van der Waals surface area contributed by atoms with Crippen molar-refractivity contribution in [2.75, 3.05) is 11.9 Å². The number of nitrogens with zero attached hydrogens (tertiary/aromatic N) is 3. The lowest BCUT2D eigenvalue weighted by Gasteiger charge is -2.18. The van der Waals surface area contributed by atoms with Crippen LogP contribution in [0.5, 0.6) is 0 Å². The molecule has 0 bridgehead atoms. The lowest BCUT2D eigenvalue weighted by atomic mass is 9.97. The molecular weight excluding hydrogens is 232 g/mol. The Labute approximate surface area is 98.2 Å². The summed E-state index contributed by atoms with van der Waals surface area (Å²) in [6, 6.07) is 0. The van der Waals surface area contributed by atoms with Crippen LogP contribution in [-0.2, 0) is 0 Å². The number of rotatable bonds is 3. The number of halogens is 1. The van der Waals surface area contributed by atoms with E-state index in [0.29, 0.717) is 6.54 Å². The van der Waals surface area contributed by atoms with Gasteiger partial charge >= 0.3 is 5.69 Å². The van der Waals surface area contributed by atoms with Gasteiger partial charge in [-0.15, -0.1) is 0 Å². The van der Waals surface area contributed by atoms with E-state index in [1.165, 1.54) is 0 Å². The molecule has 0 aliphatic carbocycles. The largest absolute Gasteiger partial charge is 0.364 e. The molecule has 0 saturated heterocycles. The molecule has 0 amide bonds. The molecule has 7 heteroatoms. The molecule has 0 radical (unpaired) electrons. The molecule has 0 atom stereocenters. The molecule has 1 N–H and O–H groups in total. The Kier molecular flexibility index (Phi) is 3.64. The predicted octanol–water partition coefficient (Wildman–Crippen LogP) is 2.50. The van der Waals surface area contributed by atoms with E-state index in [4.69, 9.17) is 11.6 Å². The quantitative estimate of drug-likeness (QED) is 0.502. The van der Waals surface area contributed by atoms with Crippen molar-refractivity contribution < 1.29 is 4.92 Å². The first-order valence-electron chi connectivity index (χ1n) is 4.70. The third-order valence-corrected chi connectivity index (χ3v) is 1.91. The highest BCUT2D eigenvalue weighted by Crippen LogP contribution is 2.23. The molecule has 0 aromatic carbocycles. The van der Waals surface area contributed by atoms with Crippen LogP contribution in [0.15, 0.2) is 6.20 Å². The number of hydrogen-bond acceptors (Lipinski definition) is 5. The fraction of sp³-hybridized carbons (Fsp3) is 0.556. The second-order valence-corrected chi connectivity index (χ2v) is 4.88. The molecule has 1 rings (SSSR count). The van der Waals surface area contributed by atoms with Crippen LogP contribution in [0.3, 0.4) is 0 Å². The van der Waals surface area contributed by atoms with Gasteiger partial charge in [-0.3, -0.25) is 10.1 Å². The van der Waals surface area contributed by atoms with Crippen LogP contribution in [-0.4, -0.2) is 21.4 Å². The summed E-state index contributed by atoms with van der Waals surface area (Å²) in [6.45, 7) is 6.58. The highest BCUT2D eigenvalue weighted by molar-refractivity contribution is 6.28. The maximum Gasteiger partial charge on any atom is 0.329 e. The summed E-state index contributed by atoms with van der Waals surface area (Å²) in [5.41, 5.74) is -0.181. The van der Waals surface area contributed by atoms with Crippen LogP contribution in [0.2, 0.25) is 5.28 Å². The smallest absolute Gasteiger partial charge is 0.329 e. The third-order valence-electron chi connectivity index (χ3n) is 1.72. The van der Waals surface area contributed by atoms with E-state index in [0.717, 1.165) is 6.20 Å². The van der Waals surface area contributed by atoms with Gasteiger partial charge in [-0.05, 0) is 17.0 Å². The number of hydrogen-bond donors (Lipinski definition) is 1. The van der Waals surface area contributed by atoms with Crippen molar-refractivity contribution in [1.29, 1.82) is 0 Å².